The number of nitrogens with zero attached hydrogens (tertiary/aromatic N) is 2. The topological polar surface area (TPSA) is 78.1 Å². The van der Waals surface area contributed by atoms with Gasteiger partial charge in [0.05, 0.1) is 6.61 Å². The quantitative estimate of drug-likeness (QED) is 0.850. The van der Waals surface area contributed by atoms with Crippen molar-refractivity contribution in [3.8, 4) is 0 Å². The maximum absolute atomic E-state index is 11.8. The number of rotatable bonds is 4. The lowest BCUT2D eigenvalue weighted by atomic mass is 10.00. The molecule has 1 aromatic heterocycles. The second kappa shape index (κ2) is 5.54. The van der Waals surface area contributed by atoms with E-state index in [4.69, 9.17) is 10.5 Å². The Bertz CT molecular complexity index is 438. The summed E-state index contributed by atoms with van der Waals surface area (Å²) in [5.74, 6) is -0.276. The summed E-state index contributed by atoms with van der Waals surface area (Å²) in [5, 5.41) is 9.35. The molecule has 0 saturated heterocycles. The third-order valence-electron chi connectivity index (χ3n) is 2.96. The third kappa shape index (κ3) is 3.02. The minimum absolute atomic E-state index is 0.276. The van der Waals surface area contributed by atoms with Crippen molar-refractivity contribution in [2.24, 2.45) is 5.73 Å². The van der Waals surface area contributed by atoms with Crippen molar-refractivity contribution in [1.29, 1.82) is 0 Å². The lowest BCUT2D eigenvalue weighted by molar-refractivity contribution is -0.149. The number of nitrogens with two attached hydrogens (primary N) is 1. The molecule has 100 valence electrons. The standard InChI is InChI=1S/C11H17N3O2S2/c1-3-16-9(15)11(12)5-4-8(6-11)18-10-14-13-7(2)17-10/h8H,3-6,12H2,1-2H3. The Kier molecular flexibility index (Phi) is 4.24. The highest BCUT2D eigenvalue weighted by atomic mass is 32.2. The molecule has 5 nitrogen and oxygen atoms in total. The van der Waals surface area contributed by atoms with Crippen LogP contribution in [0, 0.1) is 6.92 Å². The van der Waals surface area contributed by atoms with Crippen molar-refractivity contribution >= 4 is 29.1 Å². The van der Waals surface area contributed by atoms with E-state index < -0.39 is 5.54 Å². The molecule has 1 heterocycles. The van der Waals surface area contributed by atoms with Crippen LogP contribution in [0.2, 0.25) is 0 Å². The van der Waals surface area contributed by atoms with Gasteiger partial charge in [0.15, 0.2) is 4.34 Å². The molecule has 2 atom stereocenters. The summed E-state index contributed by atoms with van der Waals surface area (Å²) in [6.45, 7) is 4.11. The minimum atomic E-state index is -0.812. The maximum Gasteiger partial charge on any atom is 0.326 e. The molecule has 2 N–H and O–H groups in total. The molecule has 1 saturated carbocycles. The van der Waals surface area contributed by atoms with Gasteiger partial charge in [0.2, 0.25) is 0 Å². The fourth-order valence-corrected chi connectivity index (χ4v) is 4.43. The van der Waals surface area contributed by atoms with E-state index in [1.165, 1.54) is 0 Å². The lowest BCUT2D eigenvalue weighted by Gasteiger charge is -2.21. The molecule has 0 radical (unpaired) electrons. The van der Waals surface area contributed by atoms with E-state index in [1.54, 1.807) is 30.0 Å². The largest absolute Gasteiger partial charge is 0.465 e. The van der Waals surface area contributed by atoms with Gasteiger partial charge < -0.3 is 10.5 Å². The van der Waals surface area contributed by atoms with Gasteiger partial charge in [0, 0.05) is 5.25 Å². The van der Waals surface area contributed by atoms with Crippen LogP contribution in [0.25, 0.3) is 0 Å². The van der Waals surface area contributed by atoms with E-state index in [0.29, 0.717) is 24.7 Å². The van der Waals surface area contributed by atoms with E-state index in [-0.39, 0.29) is 5.97 Å². The summed E-state index contributed by atoms with van der Waals surface area (Å²) in [6, 6.07) is 0. The Morgan fingerprint density at radius 2 is 2.44 bits per heavy atom. The van der Waals surface area contributed by atoms with Crippen LogP contribution in [0.4, 0.5) is 0 Å². The van der Waals surface area contributed by atoms with Crippen LogP contribution in [-0.4, -0.2) is 33.6 Å². The molecular formula is C11H17N3O2S2. The SMILES string of the molecule is CCOC(=O)C1(N)CCC(Sc2nnc(C)s2)C1. The average molecular weight is 287 g/mol. The Balaban J connectivity index is 1.93. The van der Waals surface area contributed by atoms with Crippen molar-refractivity contribution in [1.82, 2.24) is 10.2 Å². The molecule has 0 spiro atoms. The first kappa shape index (κ1) is 13.8. The predicted molar refractivity (Wildman–Crippen MR) is 71.7 cm³/mol. The second-order valence-electron chi connectivity index (χ2n) is 4.45. The first-order valence-electron chi connectivity index (χ1n) is 5.96. The van der Waals surface area contributed by atoms with Crippen LogP contribution in [0.1, 0.15) is 31.2 Å². The first-order valence-corrected chi connectivity index (χ1v) is 7.66. The van der Waals surface area contributed by atoms with Crippen molar-refractivity contribution < 1.29 is 9.53 Å². The van der Waals surface area contributed by atoms with E-state index in [1.807, 2.05) is 6.92 Å². The number of aryl methyl sites for hydroxylation is 1. The number of aromatic nitrogens is 2. The van der Waals surface area contributed by atoms with Gasteiger partial charge in [-0.1, -0.05) is 23.1 Å². The number of hydrogen-bond acceptors (Lipinski definition) is 7. The summed E-state index contributed by atoms with van der Waals surface area (Å²) >= 11 is 3.24. The Morgan fingerprint density at radius 1 is 1.67 bits per heavy atom. The van der Waals surface area contributed by atoms with Crippen LogP contribution >= 0.6 is 23.1 Å². The molecule has 0 amide bonds. The zero-order valence-corrected chi connectivity index (χ0v) is 12.1. The summed E-state index contributed by atoms with van der Waals surface area (Å²) in [7, 11) is 0. The predicted octanol–water partition coefficient (Wildman–Crippen LogP) is 1.75. The molecule has 1 fully saturated rings. The van der Waals surface area contributed by atoms with Gasteiger partial charge in [-0.05, 0) is 33.1 Å². The zero-order valence-electron chi connectivity index (χ0n) is 10.5. The summed E-state index contributed by atoms with van der Waals surface area (Å²) in [6.07, 6.45) is 2.25. The fourth-order valence-electron chi connectivity index (χ4n) is 2.06. The lowest BCUT2D eigenvalue weighted by Crippen LogP contribution is -2.47. The van der Waals surface area contributed by atoms with E-state index in [9.17, 15) is 4.79 Å². The van der Waals surface area contributed by atoms with Crippen LogP contribution in [0.5, 0.6) is 0 Å². The average Bonchev–Trinajstić information content (AvgIpc) is 2.88. The summed E-state index contributed by atoms with van der Waals surface area (Å²) in [4.78, 5) is 11.8. The molecule has 0 aromatic carbocycles. The number of esters is 1. The number of carbonyl (C=O) groups is 1. The highest BCUT2D eigenvalue weighted by Crippen LogP contribution is 2.40. The van der Waals surface area contributed by atoms with E-state index in [2.05, 4.69) is 10.2 Å². The summed E-state index contributed by atoms with van der Waals surface area (Å²) in [5.41, 5.74) is 5.31. The molecule has 2 unspecified atom stereocenters. The molecule has 1 aliphatic rings. The van der Waals surface area contributed by atoms with Gasteiger partial charge in [-0.15, -0.1) is 10.2 Å². The Hall–Kier alpha value is -0.660. The number of thioether (sulfide) groups is 1. The molecule has 7 heteroatoms. The Labute approximate surface area is 114 Å². The van der Waals surface area contributed by atoms with Crippen LogP contribution in [0.15, 0.2) is 4.34 Å². The summed E-state index contributed by atoms with van der Waals surface area (Å²) < 4.78 is 5.98. The van der Waals surface area contributed by atoms with Gasteiger partial charge in [0.1, 0.15) is 10.5 Å². The second-order valence-corrected chi connectivity index (χ2v) is 7.18. The third-order valence-corrected chi connectivity index (χ3v) is 5.15. The van der Waals surface area contributed by atoms with E-state index >= 15 is 0 Å². The number of carbonyl (C=O) groups excluding carboxylic acids is 1. The van der Waals surface area contributed by atoms with Crippen molar-refractivity contribution in [2.75, 3.05) is 6.61 Å². The fraction of sp³-hybridized carbons (Fsp3) is 0.727. The smallest absolute Gasteiger partial charge is 0.326 e. The molecule has 0 aliphatic heterocycles. The van der Waals surface area contributed by atoms with Crippen molar-refractivity contribution in [3.05, 3.63) is 5.01 Å². The highest BCUT2D eigenvalue weighted by Gasteiger charge is 2.43. The zero-order chi connectivity index (χ0) is 13.2. The number of hydrogen-bond donors (Lipinski definition) is 1. The van der Waals surface area contributed by atoms with Gasteiger partial charge in [-0.25, -0.2) is 0 Å². The van der Waals surface area contributed by atoms with E-state index in [0.717, 1.165) is 15.8 Å². The molecule has 0 bridgehead atoms. The van der Waals surface area contributed by atoms with Crippen LogP contribution in [0.3, 0.4) is 0 Å². The van der Waals surface area contributed by atoms with Crippen molar-refractivity contribution in [3.63, 3.8) is 0 Å². The maximum atomic E-state index is 11.8. The Morgan fingerprint density at radius 3 is 3.06 bits per heavy atom. The van der Waals surface area contributed by atoms with Gasteiger partial charge >= 0.3 is 5.97 Å². The normalized spacial score (nSPS) is 27.4. The minimum Gasteiger partial charge on any atom is -0.465 e. The van der Waals surface area contributed by atoms with Crippen LogP contribution in [-0.2, 0) is 9.53 Å². The van der Waals surface area contributed by atoms with Crippen LogP contribution < -0.4 is 5.73 Å². The molecule has 2 rings (SSSR count). The van der Waals surface area contributed by atoms with Gasteiger partial charge in [0.25, 0.3) is 0 Å². The first-order chi connectivity index (χ1) is 8.53. The number of ether oxygens (including phenoxy) is 1. The van der Waals surface area contributed by atoms with Gasteiger partial charge in [-0.2, -0.15) is 0 Å². The monoisotopic (exact) mass is 287 g/mol. The molecule has 18 heavy (non-hydrogen) atoms. The molecule has 1 aromatic rings. The van der Waals surface area contributed by atoms with Gasteiger partial charge in [-0.3, -0.25) is 4.79 Å². The van der Waals surface area contributed by atoms with Crippen molar-refractivity contribution in [2.45, 2.75) is 48.2 Å². The highest BCUT2D eigenvalue weighted by molar-refractivity contribution is 8.01. The molecular weight excluding hydrogens is 270 g/mol. The molecule has 1 aliphatic carbocycles.